The lowest BCUT2D eigenvalue weighted by molar-refractivity contribution is 0.0525. The van der Waals surface area contributed by atoms with Gasteiger partial charge in [0.15, 0.2) is 5.69 Å². The van der Waals surface area contributed by atoms with E-state index in [1.54, 1.807) is 32.3 Å². The first-order valence-corrected chi connectivity index (χ1v) is 5.92. The topological polar surface area (TPSA) is 93.5 Å². The maximum absolute atomic E-state index is 11.4. The quantitative estimate of drug-likeness (QED) is 0.862. The second-order valence-electron chi connectivity index (χ2n) is 5.11. The fourth-order valence-electron chi connectivity index (χ4n) is 1.47. The highest BCUT2D eigenvalue weighted by molar-refractivity contribution is 5.86. The smallest absolute Gasteiger partial charge is 0.407 e. The van der Waals surface area contributed by atoms with E-state index in [1.807, 2.05) is 0 Å². The van der Waals surface area contributed by atoms with Crippen molar-refractivity contribution in [1.82, 2.24) is 14.9 Å². The van der Waals surface area contributed by atoms with E-state index in [2.05, 4.69) is 10.3 Å². The molecule has 1 heterocycles. The monoisotopic (exact) mass is 269 g/mol. The van der Waals surface area contributed by atoms with Gasteiger partial charge in [-0.3, -0.25) is 0 Å². The molecule has 0 radical (unpaired) electrons. The minimum Gasteiger partial charge on any atom is -0.476 e. The van der Waals surface area contributed by atoms with E-state index in [0.717, 1.165) is 0 Å². The summed E-state index contributed by atoms with van der Waals surface area (Å²) in [5, 5.41) is 11.5. The van der Waals surface area contributed by atoms with E-state index in [-0.39, 0.29) is 5.69 Å². The van der Waals surface area contributed by atoms with Gasteiger partial charge in [0.25, 0.3) is 0 Å². The molecule has 0 saturated carbocycles. The number of carboxylic acid groups (broad SMARTS) is 1. The predicted molar refractivity (Wildman–Crippen MR) is 68.2 cm³/mol. The number of imidazole rings is 1. The Hall–Kier alpha value is -2.05. The van der Waals surface area contributed by atoms with Gasteiger partial charge >= 0.3 is 12.1 Å². The van der Waals surface area contributed by atoms with E-state index < -0.39 is 17.7 Å². The van der Waals surface area contributed by atoms with Gasteiger partial charge in [0.2, 0.25) is 0 Å². The number of hydrogen-bond acceptors (Lipinski definition) is 4. The average Bonchev–Trinajstić information content (AvgIpc) is 2.57. The fourth-order valence-corrected chi connectivity index (χ4v) is 1.47. The van der Waals surface area contributed by atoms with Crippen molar-refractivity contribution in [3.63, 3.8) is 0 Å². The molecule has 0 aromatic carbocycles. The molecule has 7 nitrogen and oxygen atoms in total. The SMILES string of the molecule is Cc1c(C(=O)O)ncn1CCNC(=O)OC(C)(C)C. The number of nitrogens with one attached hydrogen (secondary N) is 1. The summed E-state index contributed by atoms with van der Waals surface area (Å²) < 4.78 is 6.75. The zero-order valence-corrected chi connectivity index (χ0v) is 11.6. The van der Waals surface area contributed by atoms with Crippen molar-refractivity contribution in [3.05, 3.63) is 17.7 Å². The molecule has 0 aliphatic heterocycles. The van der Waals surface area contributed by atoms with Crippen LogP contribution in [0.1, 0.15) is 37.0 Å². The van der Waals surface area contributed by atoms with Crippen LogP contribution in [0.4, 0.5) is 4.79 Å². The largest absolute Gasteiger partial charge is 0.476 e. The number of hydrogen-bond donors (Lipinski definition) is 2. The molecule has 0 aliphatic carbocycles. The molecule has 0 spiro atoms. The van der Waals surface area contributed by atoms with Crippen LogP contribution in [0.15, 0.2) is 6.33 Å². The van der Waals surface area contributed by atoms with Crippen molar-refractivity contribution >= 4 is 12.1 Å². The van der Waals surface area contributed by atoms with Crippen LogP contribution in [-0.2, 0) is 11.3 Å². The summed E-state index contributed by atoms with van der Waals surface area (Å²) in [5.41, 5.74) is 0.0432. The molecular formula is C12H19N3O4. The highest BCUT2D eigenvalue weighted by atomic mass is 16.6. The lowest BCUT2D eigenvalue weighted by Crippen LogP contribution is -2.34. The van der Waals surface area contributed by atoms with E-state index in [0.29, 0.717) is 18.8 Å². The Balaban J connectivity index is 2.46. The van der Waals surface area contributed by atoms with Gasteiger partial charge in [-0.05, 0) is 27.7 Å². The molecule has 0 fully saturated rings. The Kier molecular flexibility index (Phi) is 4.52. The van der Waals surface area contributed by atoms with Gasteiger partial charge in [0.1, 0.15) is 5.60 Å². The molecule has 106 valence electrons. The normalized spacial score (nSPS) is 11.2. The zero-order valence-electron chi connectivity index (χ0n) is 11.6. The van der Waals surface area contributed by atoms with Crippen LogP contribution >= 0.6 is 0 Å². The molecule has 7 heteroatoms. The van der Waals surface area contributed by atoms with Crippen LogP contribution in [0.5, 0.6) is 0 Å². The van der Waals surface area contributed by atoms with Crippen LogP contribution in [0, 0.1) is 6.92 Å². The number of alkyl carbamates (subject to hydrolysis) is 1. The number of carboxylic acids is 1. The van der Waals surface area contributed by atoms with Crippen LogP contribution in [0.25, 0.3) is 0 Å². The molecule has 1 aromatic heterocycles. The van der Waals surface area contributed by atoms with E-state index in [4.69, 9.17) is 9.84 Å². The number of nitrogens with zero attached hydrogens (tertiary/aromatic N) is 2. The Bertz CT molecular complexity index is 474. The first-order chi connectivity index (χ1) is 8.70. The summed E-state index contributed by atoms with van der Waals surface area (Å²) in [7, 11) is 0. The van der Waals surface area contributed by atoms with Crippen molar-refractivity contribution < 1.29 is 19.4 Å². The average molecular weight is 269 g/mol. The van der Waals surface area contributed by atoms with Gasteiger partial charge < -0.3 is 19.7 Å². The molecule has 0 atom stereocenters. The number of carbonyl (C=O) groups is 2. The molecule has 2 N–H and O–H groups in total. The standard InChI is InChI=1S/C12H19N3O4/c1-8-9(10(16)17)14-7-15(8)6-5-13-11(18)19-12(2,3)4/h7H,5-6H2,1-4H3,(H,13,18)(H,16,17). The number of amides is 1. The second kappa shape index (κ2) is 5.73. The van der Waals surface area contributed by atoms with Crippen LogP contribution < -0.4 is 5.32 Å². The molecule has 1 rings (SSSR count). The van der Waals surface area contributed by atoms with Crippen LogP contribution in [0.2, 0.25) is 0 Å². The van der Waals surface area contributed by atoms with Crippen LogP contribution in [-0.4, -0.2) is 38.9 Å². The molecule has 19 heavy (non-hydrogen) atoms. The third-order valence-electron chi connectivity index (χ3n) is 2.32. The third kappa shape index (κ3) is 4.61. The van der Waals surface area contributed by atoms with E-state index in [9.17, 15) is 9.59 Å². The number of rotatable bonds is 4. The molecule has 0 unspecified atom stereocenters. The third-order valence-corrected chi connectivity index (χ3v) is 2.32. The summed E-state index contributed by atoms with van der Waals surface area (Å²) in [4.78, 5) is 26.0. The van der Waals surface area contributed by atoms with Crippen molar-refractivity contribution in [2.75, 3.05) is 6.54 Å². The van der Waals surface area contributed by atoms with Crippen molar-refractivity contribution in [2.24, 2.45) is 0 Å². The van der Waals surface area contributed by atoms with Gasteiger partial charge in [-0.15, -0.1) is 0 Å². The highest BCUT2D eigenvalue weighted by Gasteiger charge is 2.16. The Morgan fingerprint density at radius 1 is 1.47 bits per heavy atom. The Morgan fingerprint density at radius 2 is 2.11 bits per heavy atom. The summed E-state index contributed by atoms with van der Waals surface area (Å²) in [6, 6.07) is 0. The van der Waals surface area contributed by atoms with Gasteiger partial charge in [-0.1, -0.05) is 0 Å². The Morgan fingerprint density at radius 3 is 2.58 bits per heavy atom. The van der Waals surface area contributed by atoms with Gasteiger partial charge in [-0.25, -0.2) is 14.6 Å². The predicted octanol–water partition coefficient (Wildman–Crippen LogP) is 1.41. The molecule has 0 saturated heterocycles. The summed E-state index contributed by atoms with van der Waals surface area (Å²) >= 11 is 0. The number of ether oxygens (including phenoxy) is 1. The minimum absolute atomic E-state index is 0.0252. The maximum atomic E-state index is 11.4. The highest BCUT2D eigenvalue weighted by Crippen LogP contribution is 2.07. The van der Waals surface area contributed by atoms with Gasteiger partial charge in [0, 0.05) is 18.8 Å². The van der Waals surface area contributed by atoms with Gasteiger partial charge in [0.05, 0.1) is 6.33 Å². The van der Waals surface area contributed by atoms with Crippen LogP contribution in [0.3, 0.4) is 0 Å². The second-order valence-corrected chi connectivity index (χ2v) is 5.11. The molecular weight excluding hydrogens is 250 g/mol. The first kappa shape index (κ1) is 15.0. The zero-order chi connectivity index (χ0) is 14.6. The number of carbonyl (C=O) groups excluding carboxylic acids is 1. The van der Waals surface area contributed by atoms with E-state index >= 15 is 0 Å². The minimum atomic E-state index is -1.06. The lowest BCUT2D eigenvalue weighted by Gasteiger charge is -2.19. The van der Waals surface area contributed by atoms with Crippen molar-refractivity contribution in [1.29, 1.82) is 0 Å². The first-order valence-electron chi connectivity index (χ1n) is 5.92. The molecule has 1 aromatic rings. The lowest BCUT2D eigenvalue weighted by atomic mass is 10.2. The summed E-state index contributed by atoms with van der Waals surface area (Å²) in [5.74, 6) is -1.06. The van der Waals surface area contributed by atoms with E-state index in [1.165, 1.54) is 6.33 Å². The van der Waals surface area contributed by atoms with Gasteiger partial charge in [-0.2, -0.15) is 0 Å². The fraction of sp³-hybridized carbons (Fsp3) is 0.583. The maximum Gasteiger partial charge on any atom is 0.407 e. The summed E-state index contributed by atoms with van der Waals surface area (Å²) in [6.45, 7) is 7.80. The Labute approximate surface area is 111 Å². The van der Waals surface area contributed by atoms with Crippen molar-refractivity contribution in [3.8, 4) is 0 Å². The molecule has 1 amide bonds. The number of aromatic nitrogens is 2. The van der Waals surface area contributed by atoms with Crippen molar-refractivity contribution in [2.45, 2.75) is 39.8 Å². The molecule has 0 bridgehead atoms. The summed E-state index contributed by atoms with van der Waals surface area (Å²) in [6.07, 6.45) is 0.943. The number of aromatic carboxylic acids is 1. The molecule has 0 aliphatic rings.